The Labute approximate surface area is 168 Å². The Bertz CT molecular complexity index is 307. The van der Waals surface area contributed by atoms with Gasteiger partial charge in [-0.05, 0) is 6.42 Å². The maximum absolute atomic E-state index is 11.0. The highest BCUT2D eigenvalue weighted by atomic mass is 16.5. The molecule has 0 aromatic heterocycles. The van der Waals surface area contributed by atoms with Gasteiger partial charge in [0.15, 0.2) is 0 Å². The number of carboxylic acids is 1. The van der Waals surface area contributed by atoms with Crippen LogP contribution in [0.15, 0.2) is 0 Å². The zero-order valence-electron chi connectivity index (χ0n) is 18.1. The van der Waals surface area contributed by atoms with Gasteiger partial charge in [0.2, 0.25) is 0 Å². The lowest BCUT2D eigenvalue weighted by atomic mass is 10.0. The summed E-state index contributed by atoms with van der Waals surface area (Å²) in [6, 6.07) is 0. The van der Waals surface area contributed by atoms with Crippen molar-refractivity contribution in [1.82, 2.24) is 0 Å². The maximum Gasteiger partial charge on any atom is 0.0969 e. The first-order chi connectivity index (χ1) is 13.2. The van der Waals surface area contributed by atoms with Gasteiger partial charge in [0.25, 0.3) is 0 Å². The van der Waals surface area contributed by atoms with Gasteiger partial charge >= 0.3 is 0 Å². The number of rotatable bonds is 22. The molecule has 0 rings (SSSR count). The van der Waals surface area contributed by atoms with Crippen LogP contribution in [0.5, 0.6) is 0 Å². The number of unbranched alkanes of at least 4 members (excludes halogenated alkanes) is 15. The highest BCUT2D eigenvalue weighted by Crippen LogP contribution is 2.14. The molecule has 0 saturated carbocycles. The number of carbonyl (C=O) groups is 1. The molecule has 0 heterocycles. The molecule has 0 amide bonds. The van der Waals surface area contributed by atoms with E-state index in [9.17, 15) is 9.90 Å². The van der Waals surface area contributed by atoms with Crippen LogP contribution < -0.4 is 5.11 Å². The second-order valence-corrected chi connectivity index (χ2v) is 7.76. The Hall–Kier alpha value is -0.610. The van der Waals surface area contributed by atoms with Crippen LogP contribution in [-0.4, -0.2) is 32.4 Å². The minimum Gasteiger partial charge on any atom is -0.547 e. The first-order valence-corrected chi connectivity index (χ1v) is 11.5. The molecular formula is C23H45O4-. The van der Waals surface area contributed by atoms with Crippen LogP contribution in [0.4, 0.5) is 0 Å². The summed E-state index contributed by atoms with van der Waals surface area (Å²) in [4.78, 5) is 11.0. The lowest BCUT2D eigenvalue weighted by Crippen LogP contribution is -2.38. The van der Waals surface area contributed by atoms with Crippen LogP contribution in [0.25, 0.3) is 0 Å². The number of aliphatic carboxylic acids is 1. The van der Waals surface area contributed by atoms with Crippen molar-refractivity contribution in [1.29, 1.82) is 0 Å². The summed E-state index contributed by atoms with van der Waals surface area (Å²) in [7, 11) is 1.58. The minimum atomic E-state index is -1.10. The number of methoxy groups -OCH3 is 1. The van der Waals surface area contributed by atoms with E-state index in [1.54, 1.807) is 7.11 Å². The van der Waals surface area contributed by atoms with Gasteiger partial charge in [0.1, 0.15) is 0 Å². The standard InChI is InChI=1S/C23H46O4/c1-3-4-5-6-7-8-9-10-11-12-13-14-15-16-17-18-19-22(23(24)25)27-21-20-26-2/h22H,3-21H2,1-2H3,(H,24,25)/p-1. The second-order valence-electron chi connectivity index (χ2n) is 7.76. The molecule has 1 unspecified atom stereocenters. The molecule has 0 aromatic carbocycles. The van der Waals surface area contributed by atoms with Crippen LogP contribution in [0.1, 0.15) is 116 Å². The van der Waals surface area contributed by atoms with Gasteiger partial charge in [0.05, 0.1) is 25.3 Å². The normalized spacial score (nSPS) is 12.4. The van der Waals surface area contributed by atoms with E-state index in [1.165, 1.54) is 89.9 Å². The molecule has 0 bridgehead atoms. The number of carboxylic acid groups (broad SMARTS) is 1. The summed E-state index contributed by atoms with van der Waals surface area (Å²) >= 11 is 0. The van der Waals surface area contributed by atoms with Crippen LogP contribution >= 0.6 is 0 Å². The second kappa shape index (κ2) is 21.7. The molecule has 0 aromatic rings. The lowest BCUT2D eigenvalue weighted by Gasteiger charge is -2.18. The van der Waals surface area contributed by atoms with Gasteiger partial charge in [-0.1, -0.05) is 110 Å². The van der Waals surface area contributed by atoms with Gasteiger partial charge in [-0.15, -0.1) is 0 Å². The van der Waals surface area contributed by atoms with E-state index < -0.39 is 12.1 Å². The predicted molar refractivity (Wildman–Crippen MR) is 111 cm³/mol. The maximum atomic E-state index is 11.0. The Balaban J connectivity index is 3.26. The van der Waals surface area contributed by atoms with Gasteiger partial charge < -0.3 is 19.4 Å². The molecule has 4 nitrogen and oxygen atoms in total. The van der Waals surface area contributed by atoms with E-state index in [4.69, 9.17) is 9.47 Å². The van der Waals surface area contributed by atoms with Gasteiger partial charge in [0, 0.05) is 7.11 Å². The van der Waals surface area contributed by atoms with Crippen molar-refractivity contribution in [2.75, 3.05) is 20.3 Å². The predicted octanol–water partition coefficient (Wildman–Crippen LogP) is 5.42. The van der Waals surface area contributed by atoms with Crippen molar-refractivity contribution in [3.8, 4) is 0 Å². The topological polar surface area (TPSA) is 58.6 Å². The fraction of sp³-hybridized carbons (Fsp3) is 0.957. The van der Waals surface area contributed by atoms with Crippen molar-refractivity contribution in [2.45, 2.75) is 122 Å². The van der Waals surface area contributed by atoms with E-state index in [0.717, 1.165) is 12.8 Å². The summed E-state index contributed by atoms with van der Waals surface area (Å²) in [6.07, 6.45) is 20.9. The van der Waals surface area contributed by atoms with Crippen molar-refractivity contribution in [2.24, 2.45) is 0 Å². The molecule has 0 fully saturated rings. The van der Waals surface area contributed by atoms with Gasteiger partial charge in [-0.3, -0.25) is 0 Å². The third-order valence-electron chi connectivity index (χ3n) is 5.19. The molecule has 4 heteroatoms. The molecule has 0 radical (unpaired) electrons. The number of ether oxygens (including phenoxy) is 2. The zero-order valence-corrected chi connectivity index (χ0v) is 18.1. The molecule has 0 aliphatic carbocycles. The molecule has 162 valence electrons. The molecule has 0 N–H and O–H groups in total. The molecule has 1 atom stereocenters. The molecule has 27 heavy (non-hydrogen) atoms. The third-order valence-corrected chi connectivity index (χ3v) is 5.19. The Morgan fingerprint density at radius 1 is 0.704 bits per heavy atom. The Kier molecular flexibility index (Phi) is 21.2. The fourth-order valence-electron chi connectivity index (χ4n) is 3.42. The lowest BCUT2D eigenvalue weighted by molar-refractivity contribution is -0.317. The first-order valence-electron chi connectivity index (χ1n) is 11.5. The van der Waals surface area contributed by atoms with Crippen molar-refractivity contribution in [3.63, 3.8) is 0 Å². The SMILES string of the molecule is CCCCCCCCCCCCCCCCCCC(OCCOC)C(=O)[O-]. The Morgan fingerprint density at radius 2 is 1.11 bits per heavy atom. The molecule has 0 aliphatic heterocycles. The van der Waals surface area contributed by atoms with E-state index in [0.29, 0.717) is 19.6 Å². The average molecular weight is 386 g/mol. The highest BCUT2D eigenvalue weighted by Gasteiger charge is 2.09. The quantitative estimate of drug-likeness (QED) is 0.233. The van der Waals surface area contributed by atoms with Crippen molar-refractivity contribution in [3.05, 3.63) is 0 Å². The van der Waals surface area contributed by atoms with Crippen molar-refractivity contribution >= 4 is 5.97 Å². The fourth-order valence-corrected chi connectivity index (χ4v) is 3.42. The van der Waals surface area contributed by atoms with Crippen LogP contribution in [0, 0.1) is 0 Å². The molecule has 0 saturated heterocycles. The van der Waals surface area contributed by atoms with Crippen LogP contribution in [0.2, 0.25) is 0 Å². The van der Waals surface area contributed by atoms with E-state index in [-0.39, 0.29) is 0 Å². The largest absolute Gasteiger partial charge is 0.547 e. The Morgan fingerprint density at radius 3 is 1.48 bits per heavy atom. The molecular weight excluding hydrogens is 340 g/mol. The van der Waals surface area contributed by atoms with E-state index >= 15 is 0 Å². The van der Waals surface area contributed by atoms with Gasteiger partial charge in [-0.2, -0.15) is 0 Å². The first kappa shape index (κ1) is 26.4. The summed E-state index contributed by atoms with van der Waals surface area (Å²) < 4.78 is 10.1. The molecule has 0 spiro atoms. The number of carbonyl (C=O) groups excluding carboxylic acids is 1. The summed E-state index contributed by atoms with van der Waals surface area (Å²) in [6.45, 7) is 3.00. The summed E-state index contributed by atoms with van der Waals surface area (Å²) in [5.74, 6) is -1.10. The number of hydrogen-bond acceptors (Lipinski definition) is 4. The average Bonchev–Trinajstić information content (AvgIpc) is 2.66. The smallest absolute Gasteiger partial charge is 0.0969 e. The van der Waals surface area contributed by atoms with E-state index in [1.807, 2.05) is 0 Å². The highest BCUT2D eigenvalue weighted by molar-refractivity contribution is 5.69. The van der Waals surface area contributed by atoms with E-state index in [2.05, 4.69) is 6.92 Å². The van der Waals surface area contributed by atoms with Gasteiger partial charge in [-0.25, -0.2) is 0 Å². The zero-order chi connectivity index (χ0) is 20.0. The monoisotopic (exact) mass is 385 g/mol. The third kappa shape index (κ3) is 19.9. The van der Waals surface area contributed by atoms with Crippen molar-refractivity contribution < 1.29 is 19.4 Å². The van der Waals surface area contributed by atoms with Crippen LogP contribution in [0.3, 0.4) is 0 Å². The summed E-state index contributed by atoms with van der Waals surface area (Å²) in [5.41, 5.74) is 0. The summed E-state index contributed by atoms with van der Waals surface area (Å²) in [5, 5.41) is 11.0. The minimum absolute atomic E-state index is 0.313. The molecule has 0 aliphatic rings. The number of hydrogen-bond donors (Lipinski definition) is 0. The van der Waals surface area contributed by atoms with Crippen LogP contribution in [-0.2, 0) is 14.3 Å².